The molecule has 34 heavy (non-hydrogen) atoms. The molecule has 0 bridgehead atoms. The highest BCUT2D eigenvalue weighted by molar-refractivity contribution is 5.18. The lowest BCUT2D eigenvalue weighted by atomic mass is 9.35. The molecule has 4 saturated carbocycles. The van der Waals surface area contributed by atoms with Gasteiger partial charge in [-0.3, -0.25) is 0 Å². The maximum absolute atomic E-state index is 11.7. The molecule has 0 aromatic heterocycles. The topological polar surface area (TPSA) is 29.5 Å². The number of hydrogen-bond donors (Lipinski definition) is 1. The first-order valence-corrected chi connectivity index (χ1v) is 14.7. The van der Waals surface area contributed by atoms with Crippen LogP contribution in [0.2, 0.25) is 0 Å². The van der Waals surface area contributed by atoms with Gasteiger partial charge in [0, 0.05) is 6.61 Å². The molecule has 4 rings (SSSR count). The average Bonchev–Trinajstić information content (AvgIpc) is 3.09. The third-order valence-electron chi connectivity index (χ3n) is 12.7. The molecule has 0 saturated heterocycles. The van der Waals surface area contributed by atoms with Gasteiger partial charge < -0.3 is 9.84 Å². The van der Waals surface area contributed by atoms with Crippen LogP contribution in [0, 0.1) is 45.3 Å². The van der Waals surface area contributed by atoms with E-state index < -0.39 is 5.60 Å². The van der Waals surface area contributed by atoms with Crippen LogP contribution in [0.4, 0.5) is 0 Å². The summed E-state index contributed by atoms with van der Waals surface area (Å²) in [5, 5.41) is 11.7. The summed E-state index contributed by atoms with van der Waals surface area (Å²) in [6.45, 7) is 22.5. The smallest absolute Gasteiger partial charge is 0.0653 e. The molecule has 4 fully saturated rings. The van der Waals surface area contributed by atoms with E-state index >= 15 is 0 Å². The van der Waals surface area contributed by atoms with Crippen molar-refractivity contribution in [3.8, 4) is 0 Å². The molecule has 6 unspecified atom stereocenters. The monoisotopic (exact) mass is 472 g/mol. The lowest BCUT2D eigenvalue weighted by molar-refractivity contribution is -0.230. The summed E-state index contributed by atoms with van der Waals surface area (Å²) >= 11 is 0. The van der Waals surface area contributed by atoms with Gasteiger partial charge in [-0.25, -0.2) is 0 Å². The molecule has 1 N–H and O–H groups in total. The molecule has 4 aliphatic carbocycles. The molecule has 0 amide bonds. The van der Waals surface area contributed by atoms with E-state index in [4.69, 9.17) is 4.74 Å². The normalized spacial score (nSPS) is 47.2. The fourth-order valence-corrected chi connectivity index (χ4v) is 10.8. The van der Waals surface area contributed by atoms with E-state index in [2.05, 4.69) is 68.4 Å². The van der Waals surface area contributed by atoms with Crippen LogP contribution < -0.4 is 0 Å². The minimum absolute atomic E-state index is 0.259. The highest BCUT2D eigenvalue weighted by Crippen LogP contribution is 2.75. The van der Waals surface area contributed by atoms with Gasteiger partial charge >= 0.3 is 0 Å². The van der Waals surface area contributed by atoms with Crippen LogP contribution in [-0.4, -0.2) is 23.4 Å². The van der Waals surface area contributed by atoms with Crippen LogP contribution in [0.3, 0.4) is 0 Å². The Balaban J connectivity index is 1.60. The molecule has 0 spiro atoms. The van der Waals surface area contributed by atoms with Crippen molar-refractivity contribution < 1.29 is 9.84 Å². The number of rotatable bonds is 6. The third kappa shape index (κ3) is 3.87. The number of aliphatic hydroxyl groups is 1. The molecular weight excluding hydrogens is 416 g/mol. The largest absolute Gasteiger partial charge is 0.390 e. The highest BCUT2D eigenvalue weighted by Gasteiger charge is 2.69. The number of fused-ring (bicyclic) bond motifs is 5. The molecule has 4 aliphatic rings. The SMILES string of the molecule is CCOC1CC[C@@]2(C)C(CC[C@]3(C)C2CCC2C(C(C)(O)CCC=C(C)C)CC[C@]23C)C1(C)C. The molecule has 0 radical (unpaired) electrons. The van der Waals surface area contributed by atoms with Gasteiger partial charge in [-0.1, -0.05) is 46.3 Å². The first-order chi connectivity index (χ1) is 15.7. The highest BCUT2D eigenvalue weighted by atomic mass is 16.5. The van der Waals surface area contributed by atoms with Crippen molar-refractivity contribution in [1.82, 2.24) is 0 Å². The first kappa shape index (κ1) is 26.7. The minimum Gasteiger partial charge on any atom is -0.390 e. The van der Waals surface area contributed by atoms with Gasteiger partial charge in [0.2, 0.25) is 0 Å². The Labute approximate surface area is 211 Å². The van der Waals surface area contributed by atoms with Crippen molar-refractivity contribution in [2.45, 2.75) is 138 Å². The zero-order valence-electron chi connectivity index (χ0n) is 24.1. The Morgan fingerprint density at radius 1 is 0.912 bits per heavy atom. The second kappa shape index (κ2) is 8.90. The Morgan fingerprint density at radius 2 is 1.59 bits per heavy atom. The van der Waals surface area contributed by atoms with Crippen LogP contribution >= 0.6 is 0 Å². The van der Waals surface area contributed by atoms with Crippen molar-refractivity contribution in [2.24, 2.45) is 45.3 Å². The Morgan fingerprint density at radius 3 is 2.24 bits per heavy atom. The van der Waals surface area contributed by atoms with Crippen molar-refractivity contribution >= 4 is 0 Å². The fourth-order valence-electron chi connectivity index (χ4n) is 10.8. The summed E-state index contributed by atoms with van der Waals surface area (Å²) in [5.74, 6) is 2.68. The summed E-state index contributed by atoms with van der Waals surface area (Å²) < 4.78 is 6.31. The zero-order valence-corrected chi connectivity index (χ0v) is 24.1. The third-order valence-corrected chi connectivity index (χ3v) is 12.7. The van der Waals surface area contributed by atoms with Crippen molar-refractivity contribution in [3.63, 3.8) is 0 Å². The van der Waals surface area contributed by atoms with Gasteiger partial charge in [0.25, 0.3) is 0 Å². The van der Waals surface area contributed by atoms with E-state index in [-0.39, 0.29) is 5.41 Å². The van der Waals surface area contributed by atoms with Gasteiger partial charge in [-0.2, -0.15) is 0 Å². The molecule has 196 valence electrons. The van der Waals surface area contributed by atoms with E-state index in [0.717, 1.165) is 31.3 Å². The maximum atomic E-state index is 11.7. The lowest BCUT2D eigenvalue weighted by Gasteiger charge is -2.70. The quantitative estimate of drug-likeness (QED) is 0.392. The number of hydrogen-bond acceptors (Lipinski definition) is 2. The molecule has 2 heteroatoms. The van der Waals surface area contributed by atoms with Crippen molar-refractivity contribution in [1.29, 1.82) is 0 Å². The van der Waals surface area contributed by atoms with Crippen LogP contribution in [0.15, 0.2) is 11.6 Å². The van der Waals surface area contributed by atoms with E-state index in [1.807, 2.05) is 0 Å². The van der Waals surface area contributed by atoms with Crippen molar-refractivity contribution in [3.05, 3.63) is 11.6 Å². The average molecular weight is 473 g/mol. The molecule has 0 heterocycles. The predicted molar refractivity (Wildman–Crippen MR) is 144 cm³/mol. The lowest BCUT2D eigenvalue weighted by Crippen LogP contribution is -2.64. The fraction of sp³-hybridized carbons (Fsp3) is 0.938. The summed E-state index contributed by atoms with van der Waals surface area (Å²) in [6.07, 6.45) is 15.1. The van der Waals surface area contributed by atoms with E-state index in [1.165, 1.54) is 56.9 Å². The van der Waals surface area contributed by atoms with Crippen LogP contribution in [0.25, 0.3) is 0 Å². The van der Waals surface area contributed by atoms with E-state index in [9.17, 15) is 5.11 Å². The molecule has 0 aromatic rings. The summed E-state index contributed by atoms with van der Waals surface area (Å²) in [4.78, 5) is 0. The Bertz CT molecular complexity index is 776. The van der Waals surface area contributed by atoms with Gasteiger partial charge in [-0.05, 0) is 137 Å². The molecule has 0 aromatic carbocycles. The number of ether oxygens (including phenoxy) is 1. The van der Waals surface area contributed by atoms with Crippen LogP contribution in [-0.2, 0) is 4.74 Å². The first-order valence-electron chi connectivity index (χ1n) is 14.7. The summed E-state index contributed by atoms with van der Waals surface area (Å²) in [6, 6.07) is 0. The van der Waals surface area contributed by atoms with Gasteiger partial charge in [0.05, 0.1) is 11.7 Å². The van der Waals surface area contributed by atoms with E-state index in [0.29, 0.717) is 34.2 Å². The van der Waals surface area contributed by atoms with Crippen LogP contribution in [0.5, 0.6) is 0 Å². The predicted octanol–water partition coefficient (Wildman–Crippen LogP) is 8.57. The van der Waals surface area contributed by atoms with Crippen molar-refractivity contribution in [2.75, 3.05) is 6.61 Å². The maximum Gasteiger partial charge on any atom is 0.0653 e. The zero-order chi connectivity index (χ0) is 25.2. The molecule has 9 atom stereocenters. The second-order valence-corrected chi connectivity index (χ2v) is 14.8. The van der Waals surface area contributed by atoms with Gasteiger partial charge in [0.1, 0.15) is 0 Å². The van der Waals surface area contributed by atoms with Gasteiger partial charge in [-0.15, -0.1) is 0 Å². The summed E-state index contributed by atoms with van der Waals surface area (Å²) in [5.41, 5.74) is 2.25. The molecular formula is C32H56O2. The summed E-state index contributed by atoms with van der Waals surface area (Å²) in [7, 11) is 0. The molecule has 0 aliphatic heterocycles. The Kier molecular flexibility index (Phi) is 6.99. The van der Waals surface area contributed by atoms with E-state index in [1.54, 1.807) is 0 Å². The second-order valence-electron chi connectivity index (χ2n) is 14.8. The van der Waals surface area contributed by atoms with Gasteiger partial charge in [0.15, 0.2) is 0 Å². The minimum atomic E-state index is -0.545. The van der Waals surface area contributed by atoms with Crippen LogP contribution in [0.1, 0.15) is 127 Å². The molecule has 2 nitrogen and oxygen atoms in total. The standard InChI is InChI=1S/C32H56O2/c1-10-34-27-17-19-29(6)25(28(27,4)5)16-21-31(8)26(29)14-13-23-24(15-20-30(23,31)7)32(9,33)18-11-12-22(2)3/h12,23-27,33H,10-11,13-21H2,1-9H3/t23?,24?,25?,26?,27?,29-,30+,31+,32?/m0/s1. The number of allylic oxidation sites excluding steroid dienone is 2. The Hall–Kier alpha value is -0.340.